The number of sulfonamides is 1. The minimum absolute atomic E-state index is 0.104. The van der Waals surface area contributed by atoms with E-state index in [0.29, 0.717) is 18.0 Å². The van der Waals surface area contributed by atoms with Gasteiger partial charge in [0.05, 0.1) is 9.92 Å². The van der Waals surface area contributed by atoms with E-state index >= 15 is 0 Å². The highest BCUT2D eigenvalue weighted by molar-refractivity contribution is 7.89. The van der Waals surface area contributed by atoms with Gasteiger partial charge in [-0.2, -0.15) is 0 Å². The summed E-state index contributed by atoms with van der Waals surface area (Å²) < 4.78 is 27.2. The van der Waals surface area contributed by atoms with Gasteiger partial charge >= 0.3 is 0 Å². The average Bonchev–Trinajstić information content (AvgIpc) is 2.36. The van der Waals surface area contributed by atoms with Crippen molar-refractivity contribution < 1.29 is 8.42 Å². The number of nitrogens with one attached hydrogen (secondary N) is 1. The quantitative estimate of drug-likeness (QED) is 0.775. The summed E-state index contributed by atoms with van der Waals surface area (Å²) in [5.41, 5.74) is 5.83. The van der Waals surface area contributed by atoms with E-state index in [1.165, 1.54) is 18.2 Å². The van der Waals surface area contributed by atoms with Crippen molar-refractivity contribution in [1.82, 2.24) is 4.72 Å². The fraction of sp³-hybridized carbons (Fsp3) is 0.500. The number of rotatable bonds is 6. The van der Waals surface area contributed by atoms with E-state index < -0.39 is 10.0 Å². The van der Waals surface area contributed by atoms with Crippen LogP contribution in [-0.2, 0) is 10.0 Å². The van der Waals surface area contributed by atoms with E-state index in [1.807, 2.05) is 13.8 Å². The van der Waals surface area contributed by atoms with Gasteiger partial charge in [0.1, 0.15) is 4.99 Å². The highest BCUT2D eigenvalue weighted by Crippen LogP contribution is 2.26. The molecule has 0 aromatic heterocycles. The van der Waals surface area contributed by atoms with Gasteiger partial charge < -0.3 is 5.73 Å². The molecule has 0 spiro atoms. The van der Waals surface area contributed by atoms with Gasteiger partial charge in [-0.25, -0.2) is 13.1 Å². The molecule has 118 valence electrons. The fourth-order valence-corrected chi connectivity index (χ4v) is 3.26. The van der Waals surface area contributed by atoms with Gasteiger partial charge in [-0.15, -0.1) is 0 Å². The van der Waals surface area contributed by atoms with Crippen LogP contribution in [0, 0.1) is 11.3 Å². The Morgan fingerprint density at radius 1 is 1.43 bits per heavy atom. The van der Waals surface area contributed by atoms with Crippen LogP contribution in [-0.4, -0.2) is 20.0 Å². The Labute approximate surface area is 137 Å². The van der Waals surface area contributed by atoms with Gasteiger partial charge in [-0.3, -0.25) is 0 Å². The molecular weight excluding hydrogens is 328 g/mol. The molecule has 1 aromatic rings. The number of thiocarbonyl (C=S) groups is 1. The maximum absolute atomic E-state index is 12.3. The lowest BCUT2D eigenvalue weighted by Crippen LogP contribution is -2.37. The van der Waals surface area contributed by atoms with Crippen molar-refractivity contribution in [3.05, 3.63) is 28.8 Å². The summed E-state index contributed by atoms with van der Waals surface area (Å²) >= 11 is 10.9. The second kappa shape index (κ2) is 6.60. The van der Waals surface area contributed by atoms with Crippen LogP contribution in [0.1, 0.15) is 33.3 Å². The van der Waals surface area contributed by atoms with Gasteiger partial charge in [-0.05, 0) is 29.5 Å². The zero-order valence-electron chi connectivity index (χ0n) is 12.6. The Kier molecular flexibility index (Phi) is 5.77. The lowest BCUT2D eigenvalue weighted by Gasteiger charge is -2.29. The van der Waals surface area contributed by atoms with E-state index in [4.69, 9.17) is 29.6 Å². The molecule has 1 aromatic carbocycles. The maximum Gasteiger partial charge on any atom is 0.240 e. The Morgan fingerprint density at radius 3 is 2.43 bits per heavy atom. The van der Waals surface area contributed by atoms with Gasteiger partial charge in [0, 0.05) is 12.1 Å². The zero-order valence-corrected chi connectivity index (χ0v) is 15.0. The Hall–Kier alpha value is -0.690. The molecule has 0 fully saturated rings. The molecule has 21 heavy (non-hydrogen) atoms. The van der Waals surface area contributed by atoms with Gasteiger partial charge in [0.15, 0.2) is 0 Å². The molecule has 0 atom stereocenters. The number of benzene rings is 1. The topological polar surface area (TPSA) is 72.2 Å². The predicted octanol–water partition coefficient (Wildman–Crippen LogP) is 2.93. The normalized spacial score (nSPS) is 12.7. The smallest absolute Gasteiger partial charge is 0.240 e. The average molecular weight is 349 g/mol. The fourth-order valence-electron chi connectivity index (χ4n) is 1.43. The third-order valence-corrected chi connectivity index (χ3v) is 5.73. The second-order valence-corrected chi connectivity index (χ2v) is 8.59. The Bertz CT molecular complexity index is 640. The molecule has 0 aliphatic heterocycles. The Balaban J connectivity index is 2.99. The third-order valence-electron chi connectivity index (χ3n) is 3.80. The summed E-state index contributed by atoms with van der Waals surface area (Å²) in [6, 6.07) is 4.33. The molecule has 4 nitrogen and oxygen atoms in total. The zero-order chi connectivity index (χ0) is 16.4. The first-order chi connectivity index (χ1) is 9.47. The highest BCUT2D eigenvalue weighted by Gasteiger charge is 2.25. The molecular formula is C14H21ClN2O2S2. The summed E-state index contributed by atoms with van der Waals surface area (Å²) in [6.45, 7) is 8.50. The minimum Gasteiger partial charge on any atom is -0.389 e. The van der Waals surface area contributed by atoms with Crippen LogP contribution in [0.2, 0.25) is 5.02 Å². The molecule has 0 radical (unpaired) electrons. The van der Waals surface area contributed by atoms with Crippen molar-refractivity contribution in [2.45, 2.75) is 32.6 Å². The van der Waals surface area contributed by atoms with E-state index in [2.05, 4.69) is 18.6 Å². The number of hydrogen-bond donors (Lipinski definition) is 2. The summed E-state index contributed by atoms with van der Waals surface area (Å²) in [4.78, 5) is 0.241. The van der Waals surface area contributed by atoms with Gasteiger partial charge in [-0.1, -0.05) is 51.5 Å². The predicted molar refractivity (Wildman–Crippen MR) is 91.1 cm³/mol. The van der Waals surface area contributed by atoms with Crippen LogP contribution in [0.15, 0.2) is 23.1 Å². The van der Waals surface area contributed by atoms with Crippen LogP contribution < -0.4 is 10.5 Å². The van der Waals surface area contributed by atoms with E-state index in [-0.39, 0.29) is 20.3 Å². The van der Waals surface area contributed by atoms with Crippen LogP contribution in [0.25, 0.3) is 0 Å². The first-order valence-electron chi connectivity index (χ1n) is 6.56. The molecule has 0 amide bonds. The monoisotopic (exact) mass is 348 g/mol. The van der Waals surface area contributed by atoms with Crippen molar-refractivity contribution in [3.63, 3.8) is 0 Å². The van der Waals surface area contributed by atoms with Crippen molar-refractivity contribution >= 4 is 38.8 Å². The minimum atomic E-state index is -3.61. The molecule has 0 aliphatic carbocycles. The van der Waals surface area contributed by atoms with Gasteiger partial charge in [0.25, 0.3) is 0 Å². The van der Waals surface area contributed by atoms with E-state index in [0.717, 1.165) is 0 Å². The van der Waals surface area contributed by atoms with E-state index in [1.54, 1.807) is 0 Å². The molecule has 0 saturated heterocycles. The number of hydrogen-bond acceptors (Lipinski definition) is 3. The maximum atomic E-state index is 12.3. The van der Waals surface area contributed by atoms with Crippen molar-refractivity contribution in [3.8, 4) is 0 Å². The number of nitrogens with two attached hydrogens (primary N) is 1. The van der Waals surface area contributed by atoms with Gasteiger partial charge in [0.2, 0.25) is 10.0 Å². The SMILES string of the molecule is CC(C)C(C)(C)CNS(=O)(=O)c1ccc(C(N)=S)c(Cl)c1. The summed E-state index contributed by atoms with van der Waals surface area (Å²) in [5, 5.41) is 0.230. The number of halogens is 1. The van der Waals surface area contributed by atoms with Crippen molar-refractivity contribution in [2.24, 2.45) is 17.1 Å². The molecule has 1 rings (SSSR count). The lowest BCUT2D eigenvalue weighted by molar-refractivity contribution is 0.252. The molecule has 0 unspecified atom stereocenters. The molecule has 0 bridgehead atoms. The summed E-state index contributed by atoms with van der Waals surface area (Å²) in [5.74, 6) is 0.348. The molecule has 3 N–H and O–H groups in total. The van der Waals surface area contributed by atoms with Crippen LogP contribution in [0.4, 0.5) is 0 Å². The first kappa shape index (κ1) is 18.4. The van der Waals surface area contributed by atoms with Crippen LogP contribution >= 0.6 is 23.8 Å². The molecule has 0 heterocycles. The Morgan fingerprint density at radius 2 is 2.00 bits per heavy atom. The highest BCUT2D eigenvalue weighted by atomic mass is 35.5. The lowest BCUT2D eigenvalue weighted by atomic mass is 9.81. The summed E-state index contributed by atoms with van der Waals surface area (Å²) in [6.07, 6.45) is 0. The first-order valence-corrected chi connectivity index (χ1v) is 8.83. The molecule has 0 aliphatic rings. The van der Waals surface area contributed by atoms with Crippen molar-refractivity contribution in [2.75, 3.05) is 6.54 Å². The second-order valence-electron chi connectivity index (χ2n) is 5.97. The molecule has 0 saturated carbocycles. The third kappa shape index (κ3) is 4.64. The summed E-state index contributed by atoms with van der Waals surface area (Å²) in [7, 11) is -3.61. The van der Waals surface area contributed by atoms with Crippen LogP contribution in [0.5, 0.6) is 0 Å². The standard InChI is InChI=1S/C14H21ClN2O2S2/c1-9(2)14(3,4)8-17-21(18,19)10-5-6-11(13(16)20)12(15)7-10/h5-7,9,17H,8H2,1-4H3,(H2,16,20). The van der Waals surface area contributed by atoms with Crippen LogP contribution in [0.3, 0.4) is 0 Å². The van der Waals surface area contributed by atoms with Crippen molar-refractivity contribution in [1.29, 1.82) is 0 Å². The molecule has 7 heteroatoms. The largest absolute Gasteiger partial charge is 0.389 e. The van der Waals surface area contributed by atoms with E-state index in [9.17, 15) is 8.42 Å².